The largest absolute Gasteiger partial charge is 0.497 e. The van der Waals surface area contributed by atoms with Gasteiger partial charge in [0.1, 0.15) is 5.75 Å². The number of para-hydroxylation sites is 1. The Morgan fingerprint density at radius 3 is 2.33 bits per heavy atom. The molecule has 0 aliphatic carbocycles. The van der Waals surface area contributed by atoms with E-state index < -0.39 is 0 Å². The van der Waals surface area contributed by atoms with E-state index in [9.17, 15) is 4.79 Å². The summed E-state index contributed by atoms with van der Waals surface area (Å²) in [5, 5.41) is 0.665. The average Bonchev–Trinajstić information content (AvgIpc) is 3.10. The third-order valence-corrected chi connectivity index (χ3v) is 5.43. The maximum Gasteiger partial charge on any atom is 0.262 e. The first kappa shape index (κ1) is 20.0. The maximum atomic E-state index is 13.5. The second-order valence-corrected chi connectivity index (χ2v) is 7.47. The molecule has 150 valence electrons. The van der Waals surface area contributed by atoms with Crippen LogP contribution >= 0.6 is 11.6 Å². The Kier molecular flexibility index (Phi) is 5.73. The van der Waals surface area contributed by atoms with Gasteiger partial charge in [0.25, 0.3) is 5.91 Å². The van der Waals surface area contributed by atoms with Gasteiger partial charge in [0.05, 0.1) is 18.5 Å². The van der Waals surface area contributed by atoms with Gasteiger partial charge in [-0.3, -0.25) is 9.69 Å². The van der Waals surface area contributed by atoms with Crippen molar-refractivity contribution in [2.75, 3.05) is 12.0 Å². The van der Waals surface area contributed by atoms with E-state index in [2.05, 4.69) is 13.0 Å². The van der Waals surface area contributed by atoms with Gasteiger partial charge < -0.3 is 4.74 Å². The van der Waals surface area contributed by atoms with Crippen molar-refractivity contribution < 1.29 is 9.53 Å². The molecule has 3 nitrogen and oxygen atoms in total. The van der Waals surface area contributed by atoms with E-state index in [4.69, 9.17) is 16.3 Å². The number of carbonyl (C=O) groups is 1. The van der Waals surface area contributed by atoms with Gasteiger partial charge in [-0.2, -0.15) is 0 Å². The molecule has 0 atom stereocenters. The lowest BCUT2D eigenvalue weighted by Crippen LogP contribution is -2.26. The van der Waals surface area contributed by atoms with Gasteiger partial charge in [0.2, 0.25) is 0 Å². The van der Waals surface area contributed by atoms with Crippen LogP contribution in [0, 0.1) is 0 Å². The molecule has 0 aromatic heterocycles. The zero-order valence-electron chi connectivity index (χ0n) is 16.9. The highest BCUT2D eigenvalue weighted by atomic mass is 35.5. The normalized spacial score (nSPS) is 14.9. The first-order valence-electron chi connectivity index (χ1n) is 9.86. The van der Waals surface area contributed by atoms with Crippen LogP contribution < -0.4 is 9.64 Å². The third kappa shape index (κ3) is 3.89. The van der Waals surface area contributed by atoms with E-state index in [1.165, 1.54) is 0 Å². The van der Waals surface area contributed by atoms with E-state index in [1.807, 2.05) is 78.9 Å². The molecule has 0 N–H and O–H groups in total. The van der Waals surface area contributed by atoms with Gasteiger partial charge in [-0.1, -0.05) is 61.0 Å². The van der Waals surface area contributed by atoms with Crippen LogP contribution in [0.15, 0.2) is 84.4 Å². The number of anilines is 1. The van der Waals surface area contributed by atoms with E-state index in [1.54, 1.807) is 12.0 Å². The number of amides is 1. The lowest BCUT2D eigenvalue weighted by atomic mass is 10.1. The minimum atomic E-state index is -0.0448. The molecule has 1 aliphatic rings. The Morgan fingerprint density at radius 1 is 0.967 bits per heavy atom. The molecule has 1 aliphatic heterocycles. The predicted octanol–water partition coefficient (Wildman–Crippen LogP) is 6.38. The van der Waals surface area contributed by atoms with Crippen LogP contribution in [-0.4, -0.2) is 13.0 Å². The van der Waals surface area contributed by atoms with Crippen molar-refractivity contribution in [1.29, 1.82) is 0 Å². The number of hydrogen-bond donors (Lipinski definition) is 0. The van der Waals surface area contributed by atoms with E-state index in [0.29, 0.717) is 10.6 Å². The molecule has 4 heteroatoms. The minimum Gasteiger partial charge on any atom is -0.497 e. The number of carbonyl (C=O) groups excluding carboxylic acids is 1. The summed E-state index contributed by atoms with van der Waals surface area (Å²) in [5.74, 6) is 0.738. The molecule has 1 amide bonds. The molecular formula is C26H22ClNO2. The van der Waals surface area contributed by atoms with Crippen molar-refractivity contribution in [3.8, 4) is 5.75 Å². The lowest BCUT2D eigenvalue weighted by Gasteiger charge is -2.23. The molecule has 1 heterocycles. The second kappa shape index (κ2) is 8.60. The number of hydrogen-bond acceptors (Lipinski definition) is 2. The summed E-state index contributed by atoms with van der Waals surface area (Å²) in [6.07, 6.45) is 4.69. The van der Waals surface area contributed by atoms with Crippen LogP contribution in [0.3, 0.4) is 0 Å². The molecule has 30 heavy (non-hydrogen) atoms. The molecular weight excluding hydrogens is 394 g/mol. The van der Waals surface area contributed by atoms with Crippen LogP contribution in [-0.2, 0) is 11.2 Å². The lowest BCUT2D eigenvalue weighted by molar-refractivity contribution is -0.113. The van der Waals surface area contributed by atoms with Gasteiger partial charge >= 0.3 is 0 Å². The molecule has 3 aromatic rings. The Labute approximate surface area is 181 Å². The van der Waals surface area contributed by atoms with Crippen LogP contribution in [0.2, 0.25) is 5.02 Å². The van der Waals surface area contributed by atoms with Gasteiger partial charge in [0.15, 0.2) is 0 Å². The van der Waals surface area contributed by atoms with Crippen LogP contribution in [0.1, 0.15) is 23.6 Å². The fourth-order valence-corrected chi connectivity index (χ4v) is 3.72. The summed E-state index contributed by atoms with van der Waals surface area (Å²) in [6, 6.07) is 23.3. The standard InChI is InChI=1S/C26H22ClNO2/c1-3-19-6-4-5-7-24(19)28-25(20-10-12-22(27)13-11-20)17-21(26(28)29)16-18-8-14-23(30-2)15-9-18/h4-17H,3H2,1-2H3/b21-16-. The monoisotopic (exact) mass is 415 g/mol. The molecule has 0 unspecified atom stereocenters. The highest BCUT2D eigenvalue weighted by Crippen LogP contribution is 2.37. The van der Waals surface area contributed by atoms with Gasteiger partial charge in [0, 0.05) is 10.6 Å². The molecule has 0 spiro atoms. The number of benzene rings is 3. The SMILES string of the molecule is CCc1ccccc1N1C(=O)/C(=C\c2ccc(OC)cc2)C=C1c1ccc(Cl)cc1. The first-order valence-corrected chi connectivity index (χ1v) is 10.2. The average molecular weight is 416 g/mol. The quantitative estimate of drug-likeness (QED) is 0.452. The number of ether oxygens (including phenoxy) is 1. The summed E-state index contributed by atoms with van der Waals surface area (Å²) in [7, 11) is 1.64. The van der Waals surface area contributed by atoms with Gasteiger partial charge in [-0.15, -0.1) is 0 Å². The van der Waals surface area contributed by atoms with E-state index in [-0.39, 0.29) is 5.91 Å². The zero-order chi connectivity index (χ0) is 21.1. The fraction of sp³-hybridized carbons (Fsp3) is 0.115. The first-order chi connectivity index (χ1) is 14.6. The van der Waals surface area contributed by atoms with Crippen molar-refractivity contribution in [3.05, 3.63) is 106 Å². The summed E-state index contributed by atoms with van der Waals surface area (Å²) in [5.41, 5.74) is 5.39. The van der Waals surface area contributed by atoms with Crippen molar-refractivity contribution in [3.63, 3.8) is 0 Å². The van der Waals surface area contributed by atoms with Gasteiger partial charge in [-0.05, 0) is 65.6 Å². The molecule has 0 bridgehead atoms. The number of aryl methyl sites for hydroxylation is 1. The number of rotatable bonds is 5. The Hall–Kier alpha value is -3.30. The number of nitrogens with zero attached hydrogens (tertiary/aromatic N) is 1. The molecule has 0 saturated heterocycles. The van der Waals surface area contributed by atoms with E-state index in [0.717, 1.165) is 40.2 Å². The minimum absolute atomic E-state index is 0.0448. The summed E-state index contributed by atoms with van der Waals surface area (Å²) < 4.78 is 5.23. The van der Waals surface area contributed by atoms with Crippen molar-refractivity contribution in [2.24, 2.45) is 0 Å². The molecule has 4 rings (SSSR count). The molecule has 0 saturated carbocycles. The summed E-state index contributed by atoms with van der Waals surface area (Å²) >= 11 is 6.09. The summed E-state index contributed by atoms with van der Waals surface area (Å²) in [4.78, 5) is 15.3. The highest BCUT2D eigenvalue weighted by molar-refractivity contribution is 6.30. The van der Waals surface area contributed by atoms with E-state index >= 15 is 0 Å². The van der Waals surface area contributed by atoms with Crippen molar-refractivity contribution >= 4 is 35.0 Å². The van der Waals surface area contributed by atoms with Crippen molar-refractivity contribution in [2.45, 2.75) is 13.3 Å². The number of methoxy groups -OCH3 is 1. The Balaban J connectivity index is 1.82. The predicted molar refractivity (Wildman–Crippen MR) is 124 cm³/mol. The third-order valence-electron chi connectivity index (χ3n) is 5.17. The molecule has 0 radical (unpaired) electrons. The van der Waals surface area contributed by atoms with Gasteiger partial charge in [-0.25, -0.2) is 0 Å². The maximum absolute atomic E-state index is 13.5. The zero-order valence-corrected chi connectivity index (χ0v) is 17.7. The van der Waals surface area contributed by atoms with Crippen LogP contribution in [0.5, 0.6) is 5.75 Å². The summed E-state index contributed by atoms with van der Waals surface area (Å²) in [6.45, 7) is 2.10. The van der Waals surface area contributed by atoms with Crippen molar-refractivity contribution in [1.82, 2.24) is 0 Å². The smallest absolute Gasteiger partial charge is 0.262 e. The Morgan fingerprint density at radius 2 is 1.67 bits per heavy atom. The molecule has 0 fully saturated rings. The highest BCUT2D eigenvalue weighted by Gasteiger charge is 2.31. The Bertz CT molecular complexity index is 1130. The fourth-order valence-electron chi connectivity index (χ4n) is 3.60. The second-order valence-electron chi connectivity index (χ2n) is 7.03. The number of halogens is 1. The molecule has 3 aromatic carbocycles. The van der Waals surface area contributed by atoms with Crippen LogP contribution in [0.25, 0.3) is 11.8 Å². The van der Waals surface area contributed by atoms with Crippen LogP contribution in [0.4, 0.5) is 5.69 Å². The topological polar surface area (TPSA) is 29.5 Å².